The van der Waals surface area contributed by atoms with Crippen molar-refractivity contribution in [2.24, 2.45) is 0 Å². The van der Waals surface area contributed by atoms with E-state index >= 15 is 0 Å². The summed E-state index contributed by atoms with van der Waals surface area (Å²) in [5, 5.41) is 9.29. The summed E-state index contributed by atoms with van der Waals surface area (Å²) in [6, 6.07) is 3.17. The van der Waals surface area contributed by atoms with E-state index in [0.29, 0.717) is 6.92 Å². The molecule has 1 aromatic carbocycles. The lowest BCUT2D eigenvalue weighted by atomic mass is 9.95. The van der Waals surface area contributed by atoms with Crippen molar-refractivity contribution in [1.82, 2.24) is 0 Å². The predicted molar refractivity (Wildman–Crippen MR) is 52.7 cm³/mol. The van der Waals surface area contributed by atoms with Crippen molar-refractivity contribution < 1.29 is 34.8 Å². The van der Waals surface area contributed by atoms with Gasteiger partial charge in [-0.25, -0.2) is 0 Å². The molecule has 0 radical (unpaired) electrons. The number of benzene rings is 1. The third-order valence-electron chi connectivity index (χ3n) is 2.16. The van der Waals surface area contributed by atoms with Crippen molar-refractivity contribution in [2.45, 2.75) is 18.7 Å². The minimum atomic E-state index is -5.24. The molecule has 0 spiro atoms. The highest BCUT2D eigenvalue weighted by atomic mass is 32.3. The first-order valence-electron chi connectivity index (χ1n) is 4.47. The average molecular weight is 288 g/mol. The standard InChI is InChI=1S/C9H8F4O4S/c1-8(14,9(10,11)12)6-2-4-7(5-3-6)17-18(13,15)16/h2-5,14H,1H3. The second-order valence-electron chi connectivity index (χ2n) is 3.57. The first kappa shape index (κ1) is 14.7. The van der Waals surface area contributed by atoms with Crippen LogP contribution in [-0.4, -0.2) is 19.7 Å². The van der Waals surface area contributed by atoms with Crippen LogP contribution in [0.5, 0.6) is 5.75 Å². The zero-order chi connectivity index (χ0) is 14.2. The largest absolute Gasteiger partial charge is 0.488 e. The van der Waals surface area contributed by atoms with Gasteiger partial charge in [0.15, 0.2) is 5.60 Å². The summed E-state index contributed by atoms with van der Waals surface area (Å²) < 4.78 is 73.5. The first-order valence-corrected chi connectivity index (χ1v) is 5.78. The van der Waals surface area contributed by atoms with E-state index in [4.69, 9.17) is 0 Å². The van der Waals surface area contributed by atoms with Crippen molar-refractivity contribution >= 4 is 10.5 Å². The highest BCUT2D eigenvalue weighted by molar-refractivity contribution is 7.81. The molecule has 1 atom stereocenters. The Morgan fingerprint density at radius 1 is 1.17 bits per heavy atom. The van der Waals surface area contributed by atoms with Gasteiger partial charge < -0.3 is 9.29 Å². The summed E-state index contributed by atoms with van der Waals surface area (Å²) in [6.07, 6.45) is -4.90. The van der Waals surface area contributed by atoms with E-state index in [9.17, 15) is 30.6 Å². The maximum atomic E-state index is 12.5. The lowest BCUT2D eigenvalue weighted by molar-refractivity contribution is -0.258. The molecule has 102 valence electrons. The molecule has 18 heavy (non-hydrogen) atoms. The Hall–Kier alpha value is -1.35. The topological polar surface area (TPSA) is 63.6 Å². The molecule has 9 heteroatoms. The summed E-state index contributed by atoms with van der Waals surface area (Å²) in [4.78, 5) is 0. The van der Waals surface area contributed by atoms with Crippen LogP contribution in [0.25, 0.3) is 0 Å². The van der Waals surface area contributed by atoms with E-state index in [1.54, 1.807) is 0 Å². The smallest absolute Gasteiger partial charge is 0.376 e. The summed E-state index contributed by atoms with van der Waals surface area (Å²) >= 11 is 0. The molecule has 0 aliphatic heterocycles. The highest BCUT2D eigenvalue weighted by Crippen LogP contribution is 2.38. The van der Waals surface area contributed by atoms with E-state index in [1.165, 1.54) is 0 Å². The van der Waals surface area contributed by atoms with Gasteiger partial charge in [-0.05, 0) is 24.6 Å². The van der Waals surface area contributed by atoms with E-state index in [2.05, 4.69) is 4.18 Å². The maximum Gasteiger partial charge on any atom is 0.488 e. The molecule has 1 aromatic rings. The average Bonchev–Trinajstić information content (AvgIpc) is 2.14. The van der Waals surface area contributed by atoms with Crippen LogP contribution in [0.4, 0.5) is 17.1 Å². The van der Waals surface area contributed by atoms with E-state index < -0.39 is 33.6 Å². The molecule has 0 heterocycles. The lowest BCUT2D eigenvalue weighted by Crippen LogP contribution is -2.39. The number of hydrogen-bond acceptors (Lipinski definition) is 4. The Bertz CT molecular complexity index is 518. The molecule has 4 nitrogen and oxygen atoms in total. The molecule has 0 fully saturated rings. The predicted octanol–water partition coefficient (Wildman–Crippen LogP) is 2.05. The Labute approximate surface area is 100 Å². The van der Waals surface area contributed by atoms with Gasteiger partial charge in [0.2, 0.25) is 0 Å². The third-order valence-corrected chi connectivity index (χ3v) is 2.56. The van der Waals surface area contributed by atoms with Crippen LogP contribution in [0.15, 0.2) is 24.3 Å². The van der Waals surface area contributed by atoms with Crippen LogP contribution < -0.4 is 4.18 Å². The summed E-state index contributed by atoms with van der Waals surface area (Å²) in [7, 11) is -5.24. The van der Waals surface area contributed by atoms with Gasteiger partial charge in [0.25, 0.3) is 0 Å². The zero-order valence-corrected chi connectivity index (χ0v) is 9.72. The minimum Gasteiger partial charge on any atom is -0.376 e. The van der Waals surface area contributed by atoms with Gasteiger partial charge in [0.1, 0.15) is 5.75 Å². The van der Waals surface area contributed by atoms with Crippen molar-refractivity contribution in [3.8, 4) is 5.75 Å². The molecular formula is C9H8F4O4S. The van der Waals surface area contributed by atoms with E-state index in [1.807, 2.05) is 0 Å². The molecule has 1 rings (SSSR count). The van der Waals surface area contributed by atoms with E-state index in [-0.39, 0.29) is 0 Å². The van der Waals surface area contributed by atoms with Gasteiger partial charge in [-0.3, -0.25) is 0 Å². The van der Waals surface area contributed by atoms with Gasteiger partial charge in [-0.2, -0.15) is 21.6 Å². The fourth-order valence-electron chi connectivity index (χ4n) is 1.11. The monoisotopic (exact) mass is 288 g/mol. The van der Waals surface area contributed by atoms with Gasteiger partial charge in [0, 0.05) is 0 Å². The SMILES string of the molecule is CC(O)(c1ccc(OS(=O)(=O)F)cc1)C(F)(F)F. The molecule has 0 saturated heterocycles. The molecule has 0 aromatic heterocycles. The second kappa shape index (κ2) is 4.39. The molecule has 0 aliphatic carbocycles. The number of hydrogen-bond donors (Lipinski definition) is 1. The molecular weight excluding hydrogens is 280 g/mol. The molecule has 0 amide bonds. The van der Waals surface area contributed by atoms with Crippen LogP contribution in [0.3, 0.4) is 0 Å². The van der Waals surface area contributed by atoms with Crippen LogP contribution in [0, 0.1) is 0 Å². The van der Waals surface area contributed by atoms with Crippen molar-refractivity contribution in [3.05, 3.63) is 29.8 Å². The molecule has 1 N–H and O–H groups in total. The van der Waals surface area contributed by atoms with Gasteiger partial charge in [-0.1, -0.05) is 16.0 Å². The van der Waals surface area contributed by atoms with Crippen molar-refractivity contribution in [3.63, 3.8) is 0 Å². The van der Waals surface area contributed by atoms with Gasteiger partial charge in [-0.15, -0.1) is 0 Å². The molecule has 0 bridgehead atoms. The Morgan fingerprint density at radius 2 is 1.61 bits per heavy atom. The van der Waals surface area contributed by atoms with Crippen LogP contribution in [0.2, 0.25) is 0 Å². The van der Waals surface area contributed by atoms with E-state index in [0.717, 1.165) is 24.3 Å². The first-order chi connectivity index (χ1) is 7.93. The van der Waals surface area contributed by atoms with Crippen LogP contribution >= 0.6 is 0 Å². The number of rotatable bonds is 3. The Balaban J connectivity index is 3.04. The Morgan fingerprint density at radius 3 is 1.94 bits per heavy atom. The molecule has 1 unspecified atom stereocenters. The number of alkyl halides is 3. The second-order valence-corrected chi connectivity index (χ2v) is 4.52. The fourth-order valence-corrected chi connectivity index (χ4v) is 1.45. The van der Waals surface area contributed by atoms with Crippen molar-refractivity contribution in [2.75, 3.05) is 0 Å². The van der Waals surface area contributed by atoms with Crippen LogP contribution in [0.1, 0.15) is 12.5 Å². The van der Waals surface area contributed by atoms with Crippen LogP contribution in [-0.2, 0) is 16.1 Å². The normalized spacial score (nSPS) is 16.1. The van der Waals surface area contributed by atoms with Gasteiger partial charge in [0.05, 0.1) is 0 Å². The van der Waals surface area contributed by atoms with Gasteiger partial charge >= 0.3 is 16.7 Å². The fraction of sp³-hybridized carbons (Fsp3) is 0.333. The Kier molecular flexibility index (Phi) is 3.59. The maximum absolute atomic E-state index is 12.5. The summed E-state index contributed by atoms with van der Waals surface area (Å²) in [5.41, 5.74) is -3.63. The number of aliphatic hydroxyl groups is 1. The zero-order valence-electron chi connectivity index (χ0n) is 8.90. The summed E-state index contributed by atoms with van der Waals surface area (Å²) in [6.45, 7) is 0.536. The van der Waals surface area contributed by atoms with Crippen molar-refractivity contribution in [1.29, 1.82) is 0 Å². The molecule has 0 aliphatic rings. The quantitative estimate of drug-likeness (QED) is 0.683. The lowest BCUT2D eigenvalue weighted by Gasteiger charge is -2.26. The highest BCUT2D eigenvalue weighted by Gasteiger charge is 2.51. The molecule has 0 saturated carbocycles. The summed E-state index contributed by atoms with van der Waals surface area (Å²) in [5.74, 6) is -0.501. The third kappa shape index (κ3) is 3.33. The minimum absolute atomic E-state index is 0.501. The number of halogens is 4.